The van der Waals surface area contributed by atoms with Crippen LogP contribution in [0.1, 0.15) is 32.6 Å². The molecule has 0 aromatic heterocycles. The van der Waals surface area contributed by atoms with Crippen LogP contribution in [0.3, 0.4) is 0 Å². The van der Waals surface area contributed by atoms with Crippen molar-refractivity contribution in [2.75, 3.05) is 7.11 Å². The molecule has 0 aromatic rings. The quantitative estimate of drug-likeness (QED) is 0.382. The van der Waals surface area contributed by atoms with Crippen molar-refractivity contribution < 1.29 is 24.5 Å². The number of carbonyl (C=O) groups excluding carboxylic acids is 1. The van der Waals surface area contributed by atoms with Gasteiger partial charge in [-0.2, -0.15) is 0 Å². The number of aliphatic carboxylic acids is 1. The van der Waals surface area contributed by atoms with E-state index in [0.29, 0.717) is 6.42 Å². The molecule has 0 aliphatic rings. The van der Waals surface area contributed by atoms with E-state index >= 15 is 0 Å². The smallest absolute Gasteiger partial charge is 0.331 e. The molecule has 0 amide bonds. The van der Waals surface area contributed by atoms with Gasteiger partial charge >= 0.3 is 11.9 Å². The van der Waals surface area contributed by atoms with Gasteiger partial charge in [-0.3, -0.25) is 4.79 Å². The molecule has 0 spiro atoms. The number of aliphatic hydroxyl groups is 1. The molecule has 0 saturated heterocycles. The lowest BCUT2D eigenvalue weighted by atomic mass is 9.91. The van der Waals surface area contributed by atoms with Crippen molar-refractivity contribution in [3.63, 3.8) is 0 Å². The SMILES string of the molecule is C=C(C(=O)O)[C@H](C(=O)OC)[C@@H](O)CCCCC. The van der Waals surface area contributed by atoms with E-state index in [1.54, 1.807) is 0 Å². The first-order valence-electron chi connectivity index (χ1n) is 5.63. The number of carboxylic acids is 1. The standard InChI is InChI=1S/C12H20O5/c1-4-5-6-7-9(13)10(12(16)17-3)8(2)11(14)15/h9-10,13H,2,4-7H2,1,3H3,(H,14,15)/t9-,10-/m0/s1. The fraction of sp³-hybridized carbons (Fsp3) is 0.667. The fourth-order valence-electron chi connectivity index (χ4n) is 1.56. The molecular weight excluding hydrogens is 224 g/mol. The molecule has 98 valence electrons. The van der Waals surface area contributed by atoms with Gasteiger partial charge in [-0.25, -0.2) is 4.79 Å². The van der Waals surface area contributed by atoms with Crippen molar-refractivity contribution in [1.82, 2.24) is 0 Å². The Balaban J connectivity index is 4.62. The molecule has 0 fully saturated rings. The summed E-state index contributed by atoms with van der Waals surface area (Å²) in [6.45, 7) is 5.33. The second-order valence-electron chi connectivity index (χ2n) is 3.89. The van der Waals surface area contributed by atoms with Crippen LogP contribution in [0.2, 0.25) is 0 Å². The first-order chi connectivity index (χ1) is 7.95. The molecule has 0 radical (unpaired) electrons. The van der Waals surface area contributed by atoms with Gasteiger partial charge in [0.05, 0.1) is 13.2 Å². The summed E-state index contributed by atoms with van der Waals surface area (Å²) in [5.74, 6) is -3.24. The molecule has 17 heavy (non-hydrogen) atoms. The van der Waals surface area contributed by atoms with Crippen LogP contribution in [0.25, 0.3) is 0 Å². The van der Waals surface area contributed by atoms with Gasteiger partial charge in [-0.1, -0.05) is 32.8 Å². The lowest BCUT2D eigenvalue weighted by Gasteiger charge is -2.20. The Bertz CT molecular complexity index is 285. The van der Waals surface area contributed by atoms with E-state index in [2.05, 4.69) is 11.3 Å². The predicted molar refractivity (Wildman–Crippen MR) is 62.4 cm³/mol. The number of unbranched alkanes of at least 4 members (excludes halogenated alkanes) is 2. The molecule has 0 saturated carbocycles. The van der Waals surface area contributed by atoms with Crippen LogP contribution in [0.4, 0.5) is 0 Å². The maximum Gasteiger partial charge on any atom is 0.331 e. The first-order valence-corrected chi connectivity index (χ1v) is 5.63. The largest absolute Gasteiger partial charge is 0.478 e. The normalized spacial score (nSPS) is 13.8. The Morgan fingerprint density at radius 3 is 2.35 bits per heavy atom. The summed E-state index contributed by atoms with van der Waals surface area (Å²) < 4.78 is 4.49. The van der Waals surface area contributed by atoms with Crippen LogP contribution < -0.4 is 0 Å². The molecule has 0 unspecified atom stereocenters. The van der Waals surface area contributed by atoms with Gasteiger partial charge < -0.3 is 14.9 Å². The van der Waals surface area contributed by atoms with E-state index in [0.717, 1.165) is 26.4 Å². The molecule has 0 bridgehead atoms. The number of methoxy groups -OCH3 is 1. The van der Waals surface area contributed by atoms with Crippen LogP contribution in [0, 0.1) is 5.92 Å². The molecule has 2 N–H and O–H groups in total. The summed E-state index contributed by atoms with van der Waals surface area (Å²) in [6.07, 6.45) is 1.94. The van der Waals surface area contributed by atoms with E-state index in [1.807, 2.05) is 6.92 Å². The third-order valence-corrected chi connectivity index (χ3v) is 2.59. The summed E-state index contributed by atoms with van der Waals surface area (Å²) in [7, 11) is 1.16. The van der Waals surface area contributed by atoms with Crippen LogP contribution >= 0.6 is 0 Å². The molecule has 0 aromatic carbocycles. The Hall–Kier alpha value is -1.36. The fourth-order valence-corrected chi connectivity index (χ4v) is 1.56. The molecule has 0 aliphatic heterocycles. The van der Waals surface area contributed by atoms with Crippen molar-refractivity contribution in [1.29, 1.82) is 0 Å². The minimum Gasteiger partial charge on any atom is -0.478 e. The van der Waals surface area contributed by atoms with Gasteiger partial charge in [0.15, 0.2) is 0 Å². The van der Waals surface area contributed by atoms with Crippen molar-refractivity contribution in [2.45, 2.75) is 38.7 Å². The molecule has 5 heteroatoms. The highest BCUT2D eigenvalue weighted by atomic mass is 16.5. The Kier molecular flexibility index (Phi) is 7.21. The highest BCUT2D eigenvalue weighted by molar-refractivity contribution is 5.94. The lowest BCUT2D eigenvalue weighted by molar-refractivity contribution is -0.150. The third kappa shape index (κ3) is 4.99. The number of carboxylic acid groups (broad SMARTS) is 1. The van der Waals surface area contributed by atoms with E-state index in [4.69, 9.17) is 5.11 Å². The summed E-state index contributed by atoms with van der Waals surface area (Å²) >= 11 is 0. The summed E-state index contributed by atoms with van der Waals surface area (Å²) in [5, 5.41) is 18.6. The molecule has 2 atom stereocenters. The van der Waals surface area contributed by atoms with Crippen molar-refractivity contribution in [2.24, 2.45) is 5.92 Å². The van der Waals surface area contributed by atoms with Crippen LogP contribution in [0.5, 0.6) is 0 Å². The van der Waals surface area contributed by atoms with E-state index in [-0.39, 0.29) is 5.57 Å². The predicted octanol–water partition coefficient (Wildman–Crippen LogP) is 1.36. The maximum absolute atomic E-state index is 11.4. The number of aliphatic hydroxyl groups excluding tert-OH is 1. The zero-order valence-corrected chi connectivity index (χ0v) is 10.3. The second kappa shape index (κ2) is 7.84. The zero-order chi connectivity index (χ0) is 13.4. The van der Waals surface area contributed by atoms with Crippen molar-refractivity contribution in [3.8, 4) is 0 Å². The summed E-state index contributed by atoms with van der Waals surface area (Å²) in [6, 6.07) is 0. The van der Waals surface area contributed by atoms with E-state index in [9.17, 15) is 14.7 Å². The Morgan fingerprint density at radius 1 is 1.35 bits per heavy atom. The highest BCUT2D eigenvalue weighted by Gasteiger charge is 2.33. The number of hydrogen-bond acceptors (Lipinski definition) is 4. The molecule has 0 rings (SSSR count). The average molecular weight is 244 g/mol. The Labute approximate surface area is 101 Å². The van der Waals surface area contributed by atoms with Crippen LogP contribution in [-0.4, -0.2) is 35.4 Å². The zero-order valence-electron chi connectivity index (χ0n) is 10.3. The number of hydrogen-bond donors (Lipinski definition) is 2. The van der Waals surface area contributed by atoms with Crippen LogP contribution in [0.15, 0.2) is 12.2 Å². The van der Waals surface area contributed by atoms with Gasteiger partial charge in [-0.05, 0) is 6.42 Å². The molecule has 0 heterocycles. The van der Waals surface area contributed by atoms with E-state index in [1.165, 1.54) is 0 Å². The second-order valence-corrected chi connectivity index (χ2v) is 3.89. The lowest BCUT2D eigenvalue weighted by Crippen LogP contribution is -2.33. The van der Waals surface area contributed by atoms with Gasteiger partial charge in [0.2, 0.25) is 0 Å². The van der Waals surface area contributed by atoms with Gasteiger partial charge in [0.25, 0.3) is 0 Å². The number of esters is 1. The number of rotatable bonds is 8. The monoisotopic (exact) mass is 244 g/mol. The van der Waals surface area contributed by atoms with Gasteiger partial charge in [0.1, 0.15) is 5.92 Å². The summed E-state index contributed by atoms with van der Waals surface area (Å²) in [4.78, 5) is 22.2. The van der Waals surface area contributed by atoms with Crippen LogP contribution in [-0.2, 0) is 14.3 Å². The number of ether oxygens (including phenoxy) is 1. The average Bonchev–Trinajstić information content (AvgIpc) is 2.29. The third-order valence-electron chi connectivity index (χ3n) is 2.59. The topological polar surface area (TPSA) is 83.8 Å². The van der Waals surface area contributed by atoms with E-state index < -0.39 is 24.0 Å². The summed E-state index contributed by atoms with van der Waals surface area (Å²) in [5.41, 5.74) is -0.333. The van der Waals surface area contributed by atoms with Gasteiger partial charge in [0, 0.05) is 5.57 Å². The van der Waals surface area contributed by atoms with Crippen molar-refractivity contribution in [3.05, 3.63) is 12.2 Å². The van der Waals surface area contributed by atoms with Crippen molar-refractivity contribution >= 4 is 11.9 Å². The Morgan fingerprint density at radius 2 is 1.94 bits per heavy atom. The minimum absolute atomic E-state index is 0.333. The maximum atomic E-state index is 11.4. The first kappa shape index (κ1) is 15.6. The number of carbonyl (C=O) groups is 2. The molecule has 5 nitrogen and oxygen atoms in total. The highest BCUT2D eigenvalue weighted by Crippen LogP contribution is 2.20. The minimum atomic E-state index is -1.30. The molecular formula is C12H20O5. The molecule has 0 aliphatic carbocycles. The van der Waals surface area contributed by atoms with Gasteiger partial charge in [-0.15, -0.1) is 0 Å².